The highest BCUT2D eigenvalue weighted by Gasteiger charge is 2.14. The summed E-state index contributed by atoms with van der Waals surface area (Å²) in [6.45, 7) is 4.63. The summed E-state index contributed by atoms with van der Waals surface area (Å²) < 4.78 is 2.13. The van der Waals surface area contributed by atoms with E-state index in [4.69, 9.17) is 5.11 Å². The van der Waals surface area contributed by atoms with Gasteiger partial charge in [-0.25, -0.2) is 4.79 Å². The Morgan fingerprint density at radius 2 is 1.83 bits per heavy atom. The van der Waals surface area contributed by atoms with Crippen molar-refractivity contribution in [1.29, 1.82) is 5.26 Å². The van der Waals surface area contributed by atoms with Crippen molar-refractivity contribution in [2.75, 3.05) is 5.32 Å². The Morgan fingerprint density at radius 1 is 1.10 bits per heavy atom. The standard InChI is InChI=1S/C24H21N3O3/c1-16-11-20(17(2)27(16)15-18-7-4-3-5-8-18)12-21(14-25)23(28)26-22-10-6-9-19(13-22)24(29)30/h3-13H,15H2,1-2H3,(H,26,28)(H,29,30). The molecule has 0 aliphatic heterocycles. The molecular formula is C24H21N3O3. The number of aryl methyl sites for hydroxylation is 1. The van der Waals surface area contributed by atoms with Crippen LogP contribution in [0.5, 0.6) is 0 Å². The van der Waals surface area contributed by atoms with Crippen molar-refractivity contribution >= 4 is 23.6 Å². The summed E-state index contributed by atoms with van der Waals surface area (Å²) in [6, 6.07) is 19.8. The number of amides is 1. The Kier molecular flexibility index (Phi) is 6.14. The zero-order valence-electron chi connectivity index (χ0n) is 16.7. The predicted octanol–water partition coefficient (Wildman–Crippen LogP) is 4.40. The van der Waals surface area contributed by atoms with E-state index < -0.39 is 11.9 Å². The summed E-state index contributed by atoms with van der Waals surface area (Å²) in [5.74, 6) is -1.68. The molecule has 0 fully saturated rings. The summed E-state index contributed by atoms with van der Waals surface area (Å²) in [6.07, 6.45) is 1.56. The van der Waals surface area contributed by atoms with Gasteiger partial charge in [-0.05, 0) is 55.3 Å². The number of nitrogens with zero attached hydrogens (tertiary/aromatic N) is 2. The molecule has 0 aliphatic carbocycles. The van der Waals surface area contributed by atoms with Crippen LogP contribution in [0.3, 0.4) is 0 Å². The molecule has 2 aromatic carbocycles. The van der Waals surface area contributed by atoms with Crippen molar-refractivity contribution in [2.24, 2.45) is 0 Å². The van der Waals surface area contributed by atoms with Crippen LogP contribution >= 0.6 is 0 Å². The lowest BCUT2D eigenvalue weighted by Crippen LogP contribution is -2.14. The van der Waals surface area contributed by atoms with Crippen molar-refractivity contribution in [2.45, 2.75) is 20.4 Å². The fourth-order valence-electron chi connectivity index (χ4n) is 3.22. The molecule has 0 aliphatic rings. The average molecular weight is 399 g/mol. The number of nitriles is 1. The van der Waals surface area contributed by atoms with Gasteiger partial charge in [0.15, 0.2) is 0 Å². The summed E-state index contributed by atoms with van der Waals surface area (Å²) in [4.78, 5) is 23.7. The SMILES string of the molecule is Cc1cc(C=C(C#N)C(=O)Nc2cccc(C(=O)O)c2)c(C)n1Cc1ccccc1. The molecule has 0 bridgehead atoms. The number of aromatic carboxylic acids is 1. The highest BCUT2D eigenvalue weighted by atomic mass is 16.4. The first-order valence-electron chi connectivity index (χ1n) is 9.36. The van der Waals surface area contributed by atoms with E-state index in [0.717, 1.165) is 22.5 Å². The maximum atomic E-state index is 12.6. The molecule has 0 spiro atoms. The van der Waals surface area contributed by atoms with Crippen LogP contribution in [0.4, 0.5) is 5.69 Å². The summed E-state index contributed by atoms with van der Waals surface area (Å²) in [5, 5.41) is 21.2. The Hall–Kier alpha value is -4.11. The third-order valence-corrected chi connectivity index (χ3v) is 4.83. The molecule has 6 nitrogen and oxygen atoms in total. The van der Waals surface area contributed by atoms with E-state index in [-0.39, 0.29) is 11.1 Å². The first kappa shape index (κ1) is 20.6. The van der Waals surface area contributed by atoms with Crippen LogP contribution in [-0.4, -0.2) is 21.6 Å². The van der Waals surface area contributed by atoms with Crippen molar-refractivity contribution in [3.8, 4) is 6.07 Å². The zero-order chi connectivity index (χ0) is 21.7. The van der Waals surface area contributed by atoms with Crippen LogP contribution in [0.15, 0.2) is 66.2 Å². The molecule has 0 atom stereocenters. The number of anilines is 1. The number of carbonyl (C=O) groups excluding carboxylic acids is 1. The maximum Gasteiger partial charge on any atom is 0.335 e. The van der Waals surface area contributed by atoms with Gasteiger partial charge in [0.25, 0.3) is 5.91 Å². The Balaban J connectivity index is 1.85. The van der Waals surface area contributed by atoms with Crippen LogP contribution in [0, 0.1) is 25.2 Å². The lowest BCUT2D eigenvalue weighted by Gasteiger charge is -2.09. The minimum Gasteiger partial charge on any atom is -0.478 e. The van der Waals surface area contributed by atoms with Crippen LogP contribution in [0.25, 0.3) is 6.08 Å². The normalized spacial score (nSPS) is 11.0. The van der Waals surface area contributed by atoms with Crippen molar-refractivity contribution in [3.05, 3.63) is 94.3 Å². The van der Waals surface area contributed by atoms with Gasteiger partial charge in [-0.3, -0.25) is 4.79 Å². The number of carboxylic acids is 1. The van der Waals surface area contributed by atoms with Crippen LogP contribution < -0.4 is 5.32 Å². The number of hydrogen-bond donors (Lipinski definition) is 2. The van der Waals surface area contributed by atoms with E-state index in [9.17, 15) is 14.9 Å². The molecule has 3 aromatic rings. The maximum absolute atomic E-state index is 12.6. The third-order valence-electron chi connectivity index (χ3n) is 4.83. The Bertz CT molecular complexity index is 1170. The van der Waals surface area contributed by atoms with Gasteiger partial charge < -0.3 is 15.0 Å². The summed E-state index contributed by atoms with van der Waals surface area (Å²) in [7, 11) is 0. The fraction of sp³-hybridized carbons (Fsp3) is 0.125. The predicted molar refractivity (Wildman–Crippen MR) is 115 cm³/mol. The highest BCUT2D eigenvalue weighted by Crippen LogP contribution is 2.20. The van der Waals surface area contributed by atoms with Crippen molar-refractivity contribution in [1.82, 2.24) is 4.57 Å². The Labute approximate surface area is 174 Å². The number of rotatable bonds is 6. The second kappa shape index (κ2) is 8.93. The van der Waals surface area contributed by atoms with Gasteiger partial charge in [-0.2, -0.15) is 5.26 Å². The van der Waals surface area contributed by atoms with E-state index >= 15 is 0 Å². The first-order chi connectivity index (χ1) is 14.4. The van der Waals surface area contributed by atoms with Crippen LogP contribution in [0.1, 0.15) is 32.9 Å². The second-order valence-corrected chi connectivity index (χ2v) is 6.91. The van der Waals surface area contributed by atoms with Crippen molar-refractivity contribution < 1.29 is 14.7 Å². The third kappa shape index (κ3) is 4.65. The molecule has 1 amide bonds. The number of aromatic nitrogens is 1. The zero-order valence-corrected chi connectivity index (χ0v) is 16.7. The topological polar surface area (TPSA) is 95.1 Å². The van der Waals surface area contributed by atoms with Gasteiger partial charge in [-0.15, -0.1) is 0 Å². The van der Waals surface area contributed by atoms with Gasteiger partial charge >= 0.3 is 5.97 Å². The molecular weight excluding hydrogens is 378 g/mol. The minimum absolute atomic E-state index is 0.0553. The Morgan fingerprint density at radius 3 is 2.50 bits per heavy atom. The first-order valence-corrected chi connectivity index (χ1v) is 9.36. The molecule has 0 unspecified atom stereocenters. The number of hydrogen-bond acceptors (Lipinski definition) is 3. The van der Waals surface area contributed by atoms with Gasteiger partial charge in [0.1, 0.15) is 11.6 Å². The molecule has 0 radical (unpaired) electrons. The lowest BCUT2D eigenvalue weighted by atomic mass is 10.1. The average Bonchev–Trinajstić information content (AvgIpc) is 3.00. The smallest absolute Gasteiger partial charge is 0.335 e. The van der Waals surface area contributed by atoms with Gasteiger partial charge in [0.05, 0.1) is 5.56 Å². The van der Waals surface area contributed by atoms with Gasteiger partial charge in [0, 0.05) is 23.6 Å². The van der Waals surface area contributed by atoms with E-state index in [1.165, 1.54) is 18.2 Å². The molecule has 0 saturated carbocycles. The van der Waals surface area contributed by atoms with Gasteiger partial charge in [-0.1, -0.05) is 36.4 Å². The van der Waals surface area contributed by atoms with E-state index in [1.54, 1.807) is 12.1 Å². The molecule has 30 heavy (non-hydrogen) atoms. The molecule has 3 rings (SSSR count). The molecule has 1 aromatic heterocycles. The monoisotopic (exact) mass is 399 g/mol. The van der Waals surface area contributed by atoms with E-state index in [2.05, 4.69) is 9.88 Å². The highest BCUT2D eigenvalue weighted by molar-refractivity contribution is 6.10. The van der Waals surface area contributed by atoms with Crippen LogP contribution in [0.2, 0.25) is 0 Å². The summed E-state index contributed by atoms with van der Waals surface area (Å²) in [5.41, 5.74) is 4.23. The minimum atomic E-state index is -1.09. The second-order valence-electron chi connectivity index (χ2n) is 6.91. The molecule has 0 saturated heterocycles. The van der Waals surface area contributed by atoms with E-state index in [1.807, 2.05) is 56.3 Å². The van der Waals surface area contributed by atoms with E-state index in [0.29, 0.717) is 12.2 Å². The van der Waals surface area contributed by atoms with Crippen molar-refractivity contribution in [3.63, 3.8) is 0 Å². The van der Waals surface area contributed by atoms with Crippen LogP contribution in [-0.2, 0) is 11.3 Å². The molecule has 6 heteroatoms. The molecule has 2 N–H and O–H groups in total. The number of benzene rings is 2. The number of carbonyl (C=O) groups is 2. The lowest BCUT2D eigenvalue weighted by molar-refractivity contribution is -0.112. The van der Waals surface area contributed by atoms with Gasteiger partial charge in [0.2, 0.25) is 0 Å². The summed E-state index contributed by atoms with van der Waals surface area (Å²) >= 11 is 0. The largest absolute Gasteiger partial charge is 0.478 e. The molecule has 150 valence electrons. The molecule has 1 heterocycles. The number of carboxylic acid groups (broad SMARTS) is 1. The quantitative estimate of drug-likeness (QED) is 0.474. The fourth-order valence-corrected chi connectivity index (χ4v) is 3.22. The number of nitrogens with one attached hydrogen (secondary N) is 1.